The van der Waals surface area contributed by atoms with Crippen molar-refractivity contribution in [1.82, 2.24) is 4.98 Å². The number of anilines is 2. The van der Waals surface area contributed by atoms with E-state index in [2.05, 4.69) is 10.3 Å². The number of hydrogen-bond acceptors (Lipinski definition) is 6. The second-order valence-electron chi connectivity index (χ2n) is 5.35. The molecule has 1 amide bonds. The minimum Gasteiger partial charge on any atom is -0.545 e. The maximum atomic E-state index is 12.6. The Kier molecular flexibility index (Phi) is 4.28. The summed E-state index contributed by atoms with van der Waals surface area (Å²) in [4.78, 5) is 38.2. The van der Waals surface area contributed by atoms with Crippen molar-refractivity contribution < 1.29 is 14.7 Å². The van der Waals surface area contributed by atoms with Crippen molar-refractivity contribution in [3.05, 3.63) is 56.7 Å². The van der Waals surface area contributed by atoms with E-state index >= 15 is 0 Å². The van der Waals surface area contributed by atoms with Crippen LogP contribution in [0.4, 0.5) is 11.4 Å². The molecule has 25 heavy (non-hydrogen) atoms. The Hall–Kier alpha value is -3.13. The topological polar surface area (TPSA) is 128 Å². The zero-order valence-corrected chi connectivity index (χ0v) is 14.0. The predicted octanol–water partition coefficient (Wildman–Crippen LogP) is 1.35. The van der Waals surface area contributed by atoms with Crippen molar-refractivity contribution in [2.24, 2.45) is 0 Å². The molecule has 128 valence electrons. The van der Waals surface area contributed by atoms with E-state index in [-0.39, 0.29) is 10.6 Å². The molecule has 0 aliphatic heterocycles. The highest BCUT2D eigenvalue weighted by atomic mass is 32.1. The maximum absolute atomic E-state index is 12.6. The van der Waals surface area contributed by atoms with Crippen molar-refractivity contribution in [2.45, 2.75) is 13.3 Å². The van der Waals surface area contributed by atoms with Gasteiger partial charge in [0.2, 0.25) is 0 Å². The minimum absolute atomic E-state index is 0.116. The van der Waals surface area contributed by atoms with Crippen LogP contribution in [0.25, 0.3) is 10.2 Å². The number of aromatic nitrogens is 1. The average Bonchev–Trinajstić information content (AvgIpc) is 2.90. The van der Waals surface area contributed by atoms with Crippen LogP contribution in [0.5, 0.6) is 0 Å². The number of carbonyl (C=O) groups excluding carboxylic acids is 2. The molecule has 0 aliphatic rings. The van der Waals surface area contributed by atoms with Gasteiger partial charge in [0.1, 0.15) is 9.71 Å². The maximum Gasteiger partial charge on any atom is 0.267 e. The van der Waals surface area contributed by atoms with Crippen LogP contribution in [0.15, 0.2) is 35.1 Å². The lowest BCUT2D eigenvalue weighted by Gasteiger charge is -2.09. The molecule has 2 aromatic heterocycles. The molecule has 0 radical (unpaired) electrons. The fraction of sp³-hybridized carbons (Fsp3) is 0.118. The number of nitrogens with two attached hydrogens (primary N) is 1. The number of amides is 1. The van der Waals surface area contributed by atoms with Gasteiger partial charge in [-0.25, -0.2) is 0 Å². The fourth-order valence-corrected chi connectivity index (χ4v) is 3.51. The summed E-state index contributed by atoms with van der Waals surface area (Å²) in [6.07, 6.45) is 0.751. The number of carboxylic acid groups (broad SMARTS) is 1. The number of fused-ring (bicyclic) bond motifs is 1. The molecule has 3 rings (SSSR count). The third kappa shape index (κ3) is 2.99. The van der Waals surface area contributed by atoms with Crippen molar-refractivity contribution in [3.8, 4) is 0 Å². The smallest absolute Gasteiger partial charge is 0.267 e. The Labute approximate surface area is 146 Å². The van der Waals surface area contributed by atoms with Crippen LogP contribution in [-0.2, 0) is 6.42 Å². The lowest BCUT2D eigenvalue weighted by molar-refractivity contribution is -0.255. The van der Waals surface area contributed by atoms with Crippen LogP contribution in [-0.4, -0.2) is 16.9 Å². The number of benzene rings is 1. The summed E-state index contributed by atoms with van der Waals surface area (Å²) in [5.74, 6) is -2.02. The van der Waals surface area contributed by atoms with Gasteiger partial charge < -0.3 is 25.9 Å². The van der Waals surface area contributed by atoms with Gasteiger partial charge in [-0.05, 0) is 24.1 Å². The van der Waals surface area contributed by atoms with Crippen LogP contribution in [0.1, 0.15) is 32.5 Å². The van der Waals surface area contributed by atoms with Crippen LogP contribution < -0.4 is 21.7 Å². The third-order valence-corrected chi connectivity index (χ3v) is 4.95. The first-order chi connectivity index (χ1) is 11.9. The predicted molar refractivity (Wildman–Crippen MR) is 95.0 cm³/mol. The van der Waals surface area contributed by atoms with Crippen LogP contribution >= 0.6 is 11.3 Å². The SMILES string of the molecule is CCc1ccccc1NC(=O)c1sc2[nH]c(=O)c(C(=O)[O-])cc2c1N. The number of H-pyrrole nitrogens is 1. The Morgan fingerprint density at radius 2 is 2.04 bits per heavy atom. The molecule has 1 aromatic carbocycles. The van der Waals surface area contributed by atoms with Crippen molar-refractivity contribution in [2.75, 3.05) is 11.1 Å². The van der Waals surface area contributed by atoms with Gasteiger partial charge in [0.25, 0.3) is 11.5 Å². The molecule has 0 saturated heterocycles. The number of nitrogens with one attached hydrogen (secondary N) is 2. The van der Waals surface area contributed by atoms with Crippen LogP contribution in [0.2, 0.25) is 0 Å². The first-order valence-electron chi connectivity index (χ1n) is 7.48. The fourth-order valence-electron chi connectivity index (χ4n) is 2.52. The van der Waals surface area contributed by atoms with E-state index in [0.717, 1.165) is 29.4 Å². The molecule has 0 spiro atoms. The Balaban J connectivity index is 2.04. The minimum atomic E-state index is -1.60. The Bertz CT molecular complexity index is 1050. The number of aryl methyl sites for hydroxylation is 1. The van der Waals surface area contributed by atoms with Gasteiger partial charge in [-0.3, -0.25) is 9.59 Å². The molecular formula is C17H14N3O4S-. The first kappa shape index (κ1) is 16.7. The summed E-state index contributed by atoms with van der Waals surface area (Å²) in [6, 6.07) is 8.52. The van der Waals surface area contributed by atoms with E-state index in [1.165, 1.54) is 0 Å². The summed E-state index contributed by atoms with van der Waals surface area (Å²) >= 11 is 0.993. The zero-order valence-electron chi connectivity index (χ0n) is 13.2. The second kappa shape index (κ2) is 6.40. The van der Waals surface area contributed by atoms with Gasteiger partial charge in [0, 0.05) is 11.1 Å². The van der Waals surface area contributed by atoms with Gasteiger partial charge in [0.05, 0.1) is 17.2 Å². The van der Waals surface area contributed by atoms with Gasteiger partial charge in [-0.2, -0.15) is 0 Å². The lowest BCUT2D eigenvalue weighted by Crippen LogP contribution is -2.29. The summed E-state index contributed by atoms with van der Waals surface area (Å²) in [7, 11) is 0. The zero-order chi connectivity index (χ0) is 18.1. The molecule has 0 aliphatic carbocycles. The number of aromatic carboxylic acids is 1. The average molecular weight is 356 g/mol. The Morgan fingerprint density at radius 1 is 1.32 bits per heavy atom. The lowest BCUT2D eigenvalue weighted by atomic mass is 10.1. The number of aromatic amines is 1. The van der Waals surface area contributed by atoms with Crippen LogP contribution in [0.3, 0.4) is 0 Å². The molecule has 0 fully saturated rings. The highest BCUT2D eigenvalue weighted by Crippen LogP contribution is 2.32. The number of hydrogen-bond donors (Lipinski definition) is 3. The van der Waals surface area contributed by atoms with Crippen molar-refractivity contribution >= 4 is 44.8 Å². The number of thiophene rings is 1. The Morgan fingerprint density at radius 3 is 2.72 bits per heavy atom. The van der Waals surface area contributed by atoms with E-state index in [1.54, 1.807) is 6.07 Å². The van der Waals surface area contributed by atoms with E-state index < -0.39 is 23.0 Å². The van der Waals surface area contributed by atoms with E-state index in [9.17, 15) is 19.5 Å². The standard InChI is InChI=1S/C17H15N3O4S/c1-2-8-5-3-4-6-11(8)19-15(22)13-12(18)9-7-10(17(23)24)14(21)20-16(9)25-13/h3-7H,2,18H2,1H3,(H,19,22)(H,20,21)(H,23,24)/p-1. The van der Waals surface area contributed by atoms with Gasteiger partial charge in [-0.15, -0.1) is 11.3 Å². The van der Waals surface area contributed by atoms with Crippen molar-refractivity contribution in [3.63, 3.8) is 0 Å². The van der Waals surface area contributed by atoms with E-state index in [4.69, 9.17) is 5.73 Å². The summed E-state index contributed by atoms with van der Waals surface area (Å²) in [6.45, 7) is 1.98. The summed E-state index contributed by atoms with van der Waals surface area (Å²) in [5, 5.41) is 14.1. The second-order valence-corrected chi connectivity index (χ2v) is 6.37. The molecule has 0 atom stereocenters. The molecule has 2 heterocycles. The molecule has 4 N–H and O–H groups in total. The summed E-state index contributed by atoms with van der Waals surface area (Å²) < 4.78 is 0. The third-order valence-electron chi connectivity index (χ3n) is 3.82. The highest BCUT2D eigenvalue weighted by molar-refractivity contribution is 7.21. The van der Waals surface area contributed by atoms with Gasteiger partial charge in [-0.1, -0.05) is 25.1 Å². The number of carboxylic acids is 1. The molecule has 0 saturated carbocycles. The number of para-hydroxylation sites is 1. The van der Waals surface area contributed by atoms with E-state index in [0.29, 0.717) is 15.9 Å². The van der Waals surface area contributed by atoms with Crippen LogP contribution in [0, 0.1) is 0 Å². The van der Waals surface area contributed by atoms with Gasteiger partial charge in [0.15, 0.2) is 0 Å². The molecule has 7 nitrogen and oxygen atoms in total. The van der Waals surface area contributed by atoms with Crippen molar-refractivity contribution in [1.29, 1.82) is 0 Å². The largest absolute Gasteiger partial charge is 0.545 e. The number of rotatable bonds is 4. The molecule has 0 unspecified atom stereocenters. The number of carbonyl (C=O) groups is 2. The van der Waals surface area contributed by atoms with E-state index in [1.807, 2.05) is 25.1 Å². The quantitative estimate of drug-likeness (QED) is 0.650. The molecule has 3 aromatic rings. The summed E-state index contributed by atoms with van der Waals surface area (Å²) in [5.41, 5.74) is 6.44. The normalized spacial score (nSPS) is 10.8. The number of pyridine rings is 1. The monoisotopic (exact) mass is 356 g/mol. The highest BCUT2D eigenvalue weighted by Gasteiger charge is 2.19. The first-order valence-corrected chi connectivity index (χ1v) is 8.30. The van der Waals surface area contributed by atoms with Gasteiger partial charge >= 0.3 is 0 Å². The number of nitrogen functional groups attached to an aromatic ring is 1. The molecular weight excluding hydrogens is 342 g/mol. The molecule has 8 heteroatoms. The molecule has 0 bridgehead atoms.